The standard InChI is InChI=1S/C17H15FN2O3S/c18-15-8-5-13(6-9-15)17(21)19-20-24(22,23)16-10-7-12-3-1-2-4-14(12)11-16/h1-6,8-9,11,20H,7,10H2,(H,19,21). The maximum atomic E-state index is 12.8. The smallest absolute Gasteiger partial charge is 0.266 e. The van der Waals surface area contributed by atoms with Crippen molar-refractivity contribution in [1.29, 1.82) is 0 Å². The van der Waals surface area contributed by atoms with E-state index < -0.39 is 21.7 Å². The van der Waals surface area contributed by atoms with Crippen LogP contribution in [0.15, 0.2) is 53.4 Å². The van der Waals surface area contributed by atoms with E-state index in [-0.39, 0.29) is 10.5 Å². The largest absolute Gasteiger partial charge is 0.274 e. The second-order valence-electron chi connectivity index (χ2n) is 5.38. The number of sulfonamides is 1. The van der Waals surface area contributed by atoms with Crippen LogP contribution < -0.4 is 10.3 Å². The zero-order valence-electron chi connectivity index (χ0n) is 12.6. The first-order valence-electron chi connectivity index (χ1n) is 7.32. The van der Waals surface area contributed by atoms with E-state index in [1.54, 1.807) is 6.08 Å². The number of allylic oxidation sites excluding steroid dienone is 1. The van der Waals surface area contributed by atoms with Crippen molar-refractivity contribution < 1.29 is 17.6 Å². The lowest BCUT2D eigenvalue weighted by Crippen LogP contribution is -2.42. The fraction of sp³-hybridized carbons (Fsp3) is 0.118. The highest BCUT2D eigenvalue weighted by atomic mass is 32.2. The molecule has 2 N–H and O–H groups in total. The van der Waals surface area contributed by atoms with Gasteiger partial charge < -0.3 is 0 Å². The molecule has 0 aliphatic heterocycles. The molecule has 7 heteroatoms. The molecule has 0 heterocycles. The summed E-state index contributed by atoms with van der Waals surface area (Å²) in [6.45, 7) is 0. The van der Waals surface area contributed by atoms with E-state index in [9.17, 15) is 17.6 Å². The van der Waals surface area contributed by atoms with Crippen LogP contribution in [0.25, 0.3) is 6.08 Å². The maximum Gasteiger partial charge on any atom is 0.266 e. The number of carbonyl (C=O) groups is 1. The number of halogens is 1. The van der Waals surface area contributed by atoms with Crippen LogP contribution in [0.4, 0.5) is 4.39 Å². The third-order valence-electron chi connectivity index (χ3n) is 3.76. The molecule has 0 unspecified atom stereocenters. The molecule has 0 radical (unpaired) electrons. The number of aryl methyl sites for hydroxylation is 1. The Labute approximate surface area is 139 Å². The molecule has 1 aliphatic carbocycles. The third-order valence-corrected chi connectivity index (χ3v) is 5.15. The van der Waals surface area contributed by atoms with Crippen LogP contribution in [0.1, 0.15) is 27.9 Å². The molecule has 0 fully saturated rings. The van der Waals surface area contributed by atoms with E-state index in [0.717, 1.165) is 23.3 Å². The first-order valence-corrected chi connectivity index (χ1v) is 8.80. The minimum Gasteiger partial charge on any atom is -0.274 e. The average Bonchev–Trinajstić information content (AvgIpc) is 2.60. The number of hydrogen-bond acceptors (Lipinski definition) is 3. The van der Waals surface area contributed by atoms with E-state index in [4.69, 9.17) is 0 Å². The van der Waals surface area contributed by atoms with Gasteiger partial charge in [-0.3, -0.25) is 10.2 Å². The fourth-order valence-electron chi connectivity index (χ4n) is 2.47. The average molecular weight is 346 g/mol. The molecule has 3 rings (SSSR count). The molecular formula is C17H15FN2O3S. The summed E-state index contributed by atoms with van der Waals surface area (Å²) in [7, 11) is -3.83. The van der Waals surface area contributed by atoms with Gasteiger partial charge in [0.05, 0.1) is 4.91 Å². The molecule has 1 amide bonds. The molecule has 0 aromatic heterocycles. The Hall–Kier alpha value is -2.51. The predicted octanol–water partition coefficient (Wildman–Crippen LogP) is 2.38. The van der Waals surface area contributed by atoms with Crippen LogP contribution in [0.3, 0.4) is 0 Å². The molecule has 0 bridgehead atoms. The summed E-state index contributed by atoms with van der Waals surface area (Å²) in [5.41, 5.74) is 4.24. The summed E-state index contributed by atoms with van der Waals surface area (Å²) < 4.78 is 37.5. The summed E-state index contributed by atoms with van der Waals surface area (Å²) >= 11 is 0. The molecule has 2 aromatic rings. The van der Waals surface area contributed by atoms with Crippen LogP contribution in [0, 0.1) is 5.82 Å². The Bertz CT molecular complexity index is 906. The molecular weight excluding hydrogens is 331 g/mol. The molecule has 2 aromatic carbocycles. The summed E-state index contributed by atoms with van der Waals surface area (Å²) in [6.07, 6.45) is 2.58. The highest BCUT2D eigenvalue weighted by Gasteiger charge is 2.22. The number of hydrogen-bond donors (Lipinski definition) is 2. The maximum absolute atomic E-state index is 12.8. The Balaban J connectivity index is 1.72. The number of benzene rings is 2. The SMILES string of the molecule is O=C(NNS(=O)(=O)C1=Cc2ccccc2CC1)c1ccc(F)cc1. The van der Waals surface area contributed by atoms with Gasteiger partial charge in [0.15, 0.2) is 0 Å². The van der Waals surface area contributed by atoms with Crippen molar-refractivity contribution in [1.82, 2.24) is 10.3 Å². The molecule has 0 atom stereocenters. The quantitative estimate of drug-likeness (QED) is 0.835. The first kappa shape index (κ1) is 16.4. The molecule has 0 saturated carbocycles. The summed E-state index contributed by atoms with van der Waals surface area (Å²) in [5, 5.41) is 0. The Morgan fingerprint density at radius 1 is 1.00 bits per heavy atom. The van der Waals surface area contributed by atoms with Gasteiger partial charge in [-0.25, -0.2) is 12.8 Å². The molecule has 124 valence electrons. The van der Waals surface area contributed by atoms with Gasteiger partial charge >= 0.3 is 0 Å². The topological polar surface area (TPSA) is 75.3 Å². The lowest BCUT2D eigenvalue weighted by molar-refractivity contribution is 0.0945. The molecule has 0 spiro atoms. The highest BCUT2D eigenvalue weighted by Crippen LogP contribution is 2.26. The summed E-state index contributed by atoms with van der Waals surface area (Å²) in [6, 6.07) is 12.4. The van der Waals surface area contributed by atoms with Gasteiger partial charge in [-0.15, -0.1) is 4.83 Å². The zero-order valence-corrected chi connectivity index (χ0v) is 13.4. The lowest BCUT2D eigenvalue weighted by Gasteiger charge is -2.17. The van der Waals surface area contributed by atoms with Crippen molar-refractivity contribution >= 4 is 22.0 Å². The second-order valence-corrected chi connectivity index (χ2v) is 7.11. The van der Waals surface area contributed by atoms with Crippen LogP contribution in [-0.4, -0.2) is 14.3 Å². The van der Waals surface area contributed by atoms with Gasteiger partial charge in [-0.05, 0) is 54.3 Å². The number of nitrogens with one attached hydrogen (secondary N) is 2. The van der Waals surface area contributed by atoms with Gasteiger partial charge in [-0.1, -0.05) is 24.3 Å². The minimum atomic E-state index is -3.83. The van der Waals surface area contributed by atoms with Crippen LogP contribution in [0.5, 0.6) is 0 Å². The van der Waals surface area contributed by atoms with Gasteiger partial charge in [0.2, 0.25) is 0 Å². The molecule has 24 heavy (non-hydrogen) atoms. The fourth-order valence-corrected chi connectivity index (χ4v) is 3.48. The summed E-state index contributed by atoms with van der Waals surface area (Å²) in [4.78, 5) is 14.2. The Morgan fingerprint density at radius 3 is 2.46 bits per heavy atom. The van der Waals surface area contributed by atoms with Crippen molar-refractivity contribution in [3.8, 4) is 0 Å². The molecule has 5 nitrogen and oxygen atoms in total. The van der Waals surface area contributed by atoms with Gasteiger partial charge in [0, 0.05) is 5.56 Å². The van der Waals surface area contributed by atoms with E-state index >= 15 is 0 Å². The molecule has 1 aliphatic rings. The van der Waals surface area contributed by atoms with Crippen molar-refractivity contribution in [3.63, 3.8) is 0 Å². The summed E-state index contributed by atoms with van der Waals surface area (Å²) in [5.74, 6) is -1.13. The van der Waals surface area contributed by atoms with Gasteiger partial charge in [-0.2, -0.15) is 0 Å². The number of amides is 1. The monoisotopic (exact) mass is 346 g/mol. The second kappa shape index (κ2) is 6.54. The third kappa shape index (κ3) is 3.52. The number of carbonyl (C=O) groups excluding carboxylic acids is 1. The van der Waals surface area contributed by atoms with Crippen LogP contribution in [-0.2, 0) is 16.4 Å². The molecule has 0 saturated heterocycles. The van der Waals surface area contributed by atoms with E-state index in [1.165, 1.54) is 12.1 Å². The Kier molecular flexibility index (Phi) is 4.46. The Morgan fingerprint density at radius 2 is 1.71 bits per heavy atom. The van der Waals surface area contributed by atoms with Gasteiger partial charge in [0.1, 0.15) is 5.82 Å². The first-order chi connectivity index (χ1) is 11.5. The normalized spacial score (nSPS) is 13.8. The van der Waals surface area contributed by atoms with Crippen molar-refractivity contribution in [2.45, 2.75) is 12.8 Å². The van der Waals surface area contributed by atoms with Crippen LogP contribution >= 0.6 is 0 Å². The lowest BCUT2D eigenvalue weighted by atomic mass is 9.98. The predicted molar refractivity (Wildman–Crippen MR) is 88.7 cm³/mol. The van der Waals surface area contributed by atoms with Gasteiger partial charge in [0.25, 0.3) is 15.9 Å². The van der Waals surface area contributed by atoms with Crippen LogP contribution in [0.2, 0.25) is 0 Å². The van der Waals surface area contributed by atoms with E-state index in [0.29, 0.717) is 12.8 Å². The van der Waals surface area contributed by atoms with E-state index in [2.05, 4.69) is 10.3 Å². The number of hydrazine groups is 1. The minimum absolute atomic E-state index is 0.155. The number of rotatable bonds is 4. The van der Waals surface area contributed by atoms with Crippen molar-refractivity contribution in [2.24, 2.45) is 0 Å². The van der Waals surface area contributed by atoms with Crippen molar-refractivity contribution in [3.05, 3.63) is 75.9 Å². The van der Waals surface area contributed by atoms with Crippen molar-refractivity contribution in [2.75, 3.05) is 0 Å². The number of fused-ring (bicyclic) bond motifs is 1. The van der Waals surface area contributed by atoms with E-state index in [1.807, 2.05) is 24.3 Å². The highest BCUT2D eigenvalue weighted by molar-refractivity contribution is 7.93. The zero-order chi connectivity index (χ0) is 17.2.